The van der Waals surface area contributed by atoms with Gasteiger partial charge in [-0.15, -0.1) is 11.8 Å². The lowest BCUT2D eigenvalue weighted by atomic mass is 9.78. The van der Waals surface area contributed by atoms with E-state index in [0.717, 1.165) is 0 Å². The fraction of sp³-hybridized carbons (Fsp3) is 0.727. The molecule has 3 amide bonds. The summed E-state index contributed by atoms with van der Waals surface area (Å²) < 4.78 is 13.8. The van der Waals surface area contributed by atoms with Crippen LogP contribution in [0.1, 0.15) is 20.3 Å². The number of nitrogens with one attached hydrogen (secondary N) is 3. The van der Waals surface area contributed by atoms with Gasteiger partial charge in [0.1, 0.15) is 11.9 Å². The Hall–Kier alpha value is -2.22. The number of nitrogens with zero attached hydrogens (tertiary/aromatic N) is 2. The molecule has 4 heterocycles. The minimum atomic E-state index is -1.23. The van der Waals surface area contributed by atoms with Gasteiger partial charge in [0.05, 0.1) is 37.1 Å². The lowest BCUT2D eigenvalue weighted by Crippen LogP contribution is -2.66. The number of likely N-dealkylation sites (N-methyl/N-ethyl adjacent to an activating group) is 1. The molecule has 11 nitrogen and oxygen atoms in total. The van der Waals surface area contributed by atoms with E-state index in [1.165, 1.54) is 21.6 Å². The molecule has 4 aliphatic heterocycles. The summed E-state index contributed by atoms with van der Waals surface area (Å²) in [7, 11) is 1.65. The van der Waals surface area contributed by atoms with Crippen LogP contribution in [0.25, 0.3) is 0 Å². The van der Waals surface area contributed by atoms with Crippen LogP contribution in [0.2, 0.25) is 0 Å². The van der Waals surface area contributed by atoms with E-state index in [0.29, 0.717) is 17.9 Å². The minimum Gasteiger partial charge on any atom is -0.477 e. The van der Waals surface area contributed by atoms with Crippen molar-refractivity contribution in [3.63, 3.8) is 0 Å². The molecule has 8 atom stereocenters. The molecule has 0 aromatic rings. The number of carboxylic acids is 1. The monoisotopic (exact) mass is 512 g/mol. The summed E-state index contributed by atoms with van der Waals surface area (Å²) in [6.07, 6.45) is -0.762. The Labute approximate surface area is 207 Å². The highest BCUT2D eigenvalue weighted by molar-refractivity contribution is 8.03. The summed E-state index contributed by atoms with van der Waals surface area (Å²) in [6, 6.07) is -1.94. The summed E-state index contributed by atoms with van der Waals surface area (Å²) >= 11 is 1.39. The van der Waals surface area contributed by atoms with Gasteiger partial charge in [-0.25, -0.2) is 9.18 Å². The molecule has 0 spiro atoms. The number of hydrogen-bond donors (Lipinski definition) is 5. The van der Waals surface area contributed by atoms with Gasteiger partial charge in [0.2, 0.25) is 17.7 Å². The smallest absolute Gasteiger partial charge is 0.353 e. The van der Waals surface area contributed by atoms with Crippen molar-refractivity contribution in [2.45, 2.75) is 55.9 Å². The molecule has 3 fully saturated rings. The molecule has 0 unspecified atom stereocenters. The first-order valence-electron chi connectivity index (χ1n) is 11.9. The Kier molecular flexibility index (Phi) is 7.41. The molecule has 194 valence electrons. The summed E-state index contributed by atoms with van der Waals surface area (Å²) in [5.74, 6) is -2.64. The molecule has 4 rings (SSSR count). The normalized spacial score (nSPS) is 35.2. The SMILES string of the molecule is CNCC(=O)N[C@H](C)[C@H]1C(=O)N2C(C(=O)O)=C(S[C@@H]3CN[C@H](C(=O)N4C[C@@H](F)[C@@H](N)C4)C3)[C@H](C)[C@H]12. The molecular formula is C22H33FN6O5S. The predicted molar refractivity (Wildman–Crippen MR) is 127 cm³/mol. The van der Waals surface area contributed by atoms with E-state index in [1.807, 2.05) is 6.92 Å². The van der Waals surface area contributed by atoms with Crippen molar-refractivity contribution >= 4 is 35.5 Å². The van der Waals surface area contributed by atoms with Crippen molar-refractivity contribution in [1.29, 1.82) is 0 Å². The maximum absolute atomic E-state index is 13.8. The molecule has 3 saturated heterocycles. The molecule has 13 heteroatoms. The van der Waals surface area contributed by atoms with E-state index in [-0.39, 0.29) is 60.3 Å². The first-order chi connectivity index (χ1) is 16.5. The highest BCUT2D eigenvalue weighted by atomic mass is 32.2. The first kappa shape index (κ1) is 25.9. The number of likely N-dealkylation sites (tertiary alicyclic amines) is 1. The Morgan fingerprint density at radius 3 is 2.66 bits per heavy atom. The Balaban J connectivity index is 1.43. The number of hydrogen-bond acceptors (Lipinski definition) is 8. The second kappa shape index (κ2) is 10.0. The van der Waals surface area contributed by atoms with Gasteiger partial charge in [-0.1, -0.05) is 6.92 Å². The number of carbonyl (C=O) groups excluding carboxylic acids is 3. The van der Waals surface area contributed by atoms with Crippen molar-refractivity contribution < 1.29 is 28.7 Å². The molecule has 35 heavy (non-hydrogen) atoms. The molecule has 0 aliphatic carbocycles. The van der Waals surface area contributed by atoms with E-state index in [2.05, 4.69) is 16.0 Å². The number of alkyl halides is 1. The van der Waals surface area contributed by atoms with Gasteiger partial charge in [0, 0.05) is 35.2 Å². The molecule has 4 aliphatic rings. The molecule has 0 aromatic heterocycles. The van der Waals surface area contributed by atoms with Crippen LogP contribution in [0.5, 0.6) is 0 Å². The van der Waals surface area contributed by atoms with Crippen molar-refractivity contribution in [3.8, 4) is 0 Å². The number of β-lactam (4-membered cyclic amide) rings is 1. The number of thioether (sulfide) groups is 1. The van der Waals surface area contributed by atoms with Crippen LogP contribution >= 0.6 is 11.8 Å². The zero-order valence-corrected chi connectivity index (χ0v) is 20.8. The molecule has 0 aromatic carbocycles. The Morgan fingerprint density at radius 1 is 1.34 bits per heavy atom. The lowest BCUT2D eigenvalue weighted by Gasteiger charge is -2.47. The average molecular weight is 513 g/mol. The maximum atomic E-state index is 13.8. The molecule has 6 N–H and O–H groups in total. The van der Waals surface area contributed by atoms with Crippen LogP contribution in [-0.2, 0) is 19.2 Å². The average Bonchev–Trinajstić information content (AvgIpc) is 3.45. The van der Waals surface area contributed by atoms with E-state index < -0.39 is 36.2 Å². The second-order valence-corrected chi connectivity index (χ2v) is 11.1. The zero-order chi connectivity index (χ0) is 25.6. The van der Waals surface area contributed by atoms with Gasteiger partial charge < -0.3 is 36.6 Å². The molecule has 0 saturated carbocycles. The van der Waals surface area contributed by atoms with Crippen LogP contribution in [-0.4, -0.2) is 107 Å². The fourth-order valence-corrected chi connectivity index (χ4v) is 7.08. The van der Waals surface area contributed by atoms with Crippen LogP contribution in [0.4, 0.5) is 4.39 Å². The topological polar surface area (TPSA) is 157 Å². The number of amides is 3. The van der Waals surface area contributed by atoms with Gasteiger partial charge in [-0.3, -0.25) is 14.4 Å². The van der Waals surface area contributed by atoms with Gasteiger partial charge in [0.25, 0.3) is 0 Å². The number of carboxylic acid groups (broad SMARTS) is 1. The van der Waals surface area contributed by atoms with Crippen molar-refractivity contribution in [2.75, 3.05) is 33.2 Å². The predicted octanol–water partition coefficient (Wildman–Crippen LogP) is -1.55. The summed E-state index contributed by atoms with van der Waals surface area (Å²) in [4.78, 5) is 53.3. The Bertz CT molecular complexity index is 939. The highest BCUT2D eigenvalue weighted by Crippen LogP contribution is 2.51. The van der Waals surface area contributed by atoms with Crippen molar-refractivity contribution in [3.05, 3.63) is 10.6 Å². The van der Waals surface area contributed by atoms with Gasteiger partial charge in [-0.2, -0.15) is 0 Å². The Morgan fingerprint density at radius 2 is 2.06 bits per heavy atom. The lowest BCUT2D eigenvalue weighted by molar-refractivity contribution is -0.158. The first-order valence-corrected chi connectivity index (χ1v) is 12.8. The number of rotatable bonds is 8. The van der Waals surface area contributed by atoms with Gasteiger partial charge >= 0.3 is 5.97 Å². The minimum absolute atomic E-state index is 0.00940. The maximum Gasteiger partial charge on any atom is 0.353 e. The second-order valence-electron chi connectivity index (χ2n) is 9.78. The van der Waals surface area contributed by atoms with Crippen LogP contribution in [0, 0.1) is 11.8 Å². The number of nitrogens with two attached hydrogens (primary N) is 1. The zero-order valence-electron chi connectivity index (χ0n) is 20.0. The van der Waals surface area contributed by atoms with Crippen molar-refractivity contribution in [2.24, 2.45) is 17.6 Å². The highest BCUT2D eigenvalue weighted by Gasteiger charge is 2.60. The number of aliphatic carboxylic acids is 1. The summed E-state index contributed by atoms with van der Waals surface area (Å²) in [6.45, 7) is 4.44. The fourth-order valence-electron chi connectivity index (χ4n) is 5.60. The van der Waals surface area contributed by atoms with Crippen LogP contribution < -0.4 is 21.7 Å². The number of carbonyl (C=O) groups is 4. The summed E-state index contributed by atoms with van der Waals surface area (Å²) in [5, 5.41) is 18.6. The van der Waals surface area contributed by atoms with Gasteiger partial charge in [0.15, 0.2) is 0 Å². The van der Waals surface area contributed by atoms with E-state index in [9.17, 15) is 28.7 Å². The van der Waals surface area contributed by atoms with E-state index >= 15 is 0 Å². The van der Waals surface area contributed by atoms with E-state index in [4.69, 9.17) is 5.73 Å². The standard InChI is InChI=1S/C22H33FN6O5S/c1-9-17-16(10(2)27-15(30)6-25-3)21(32)29(17)18(22(33)34)19(9)35-11-4-14(26-5-11)20(31)28-7-12(23)13(24)8-28/h9-14,16-17,25-26H,4-8,24H2,1-3H3,(H,27,30)(H,33,34)/t9-,10-,11+,12-,13+,14+,16-,17-/m1/s1. The third-order valence-electron chi connectivity index (χ3n) is 7.34. The van der Waals surface area contributed by atoms with Crippen LogP contribution in [0.15, 0.2) is 10.6 Å². The largest absolute Gasteiger partial charge is 0.477 e. The van der Waals surface area contributed by atoms with E-state index in [1.54, 1.807) is 14.0 Å². The van der Waals surface area contributed by atoms with Gasteiger partial charge in [-0.05, 0) is 20.4 Å². The summed E-state index contributed by atoms with van der Waals surface area (Å²) in [5.41, 5.74) is 5.69. The van der Waals surface area contributed by atoms with Crippen molar-refractivity contribution in [1.82, 2.24) is 25.8 Å². The molecule has 0 bridgehead atoms. The molecular weight excluding hydrogens is 479 g/mol. The number of halogens is 1. The third kappa shape index (κ3) is 4.66. The quantitative estimate of drug-likeness (QED) is 0.243. The number of fused-ring (bicyclic) bond motifs is 1. The van der Waals surface area contributed by atoms with Crippen LogP contribution in [0.3, 0.4) is 0 Å². The molecule has 0 radical (unpaired) electrons. The third-order valence-corrected chi connectivity index (χ3v) is 8.85.